The highest BCUT2D eigenvalue weighted by molar-refractivity contribution is 7.85. The van der Waals surface area contributed by atoms with Crippen molar-refractivity contribution in [3.63, 3.8) is 0 Å². The molecule has 6 aromatic carbocycles. The monoisotopic (exact) mass is 729 g/mol. The smallest absolute Gasteiger partial charge is 0.171 e. The Labute approximate surface area is 321 Å². The quantitative estimate of drug-likeness (QED) is 0.166. The predicted molar refractivity (Wildman–Crippen MR) is 225 cm³/mol. The number of hydrogen-bond donors (Lipinski definition) is 0. The van der Waals surface area contributed by atoms with E-state index >= 15 is 0 Å². The molecular formula is C51H40NO2P. The second-order valence-corrected chi connectivity index (χ2v) is 19.4. The lowest BCUT2D eigenvalue weighted by Gasteiger charge is -2.60. The number of fused-ring (bicyclic) bond motifs is 6. The van der Waals surface area contributed by atoms with Crippen LogP contribution >= 0.6 is 7.14 Å². The molecular weight excluding hydrogens is 690 g/mol. The van der Waals surface area contributed by atoms with Crippen LogP contribution in [0.4, 0.5) is 0 Å². The van der Waals surface area contributed by atoms with Crippen LogP contribution in [0.3, 0.4) is 0 Å². The summed E-state index contributed by atoms with van der Waals surface area (Å²) in [5.41, 5.74) is 11.9. The lowest BCUT2D eigenvalue weighted by Crippen LogP contribution is -2.55. The van der Waals surface area contributed by atoms with Crippen molar-refractivity contribution in [2.45, 2.75) is 37.5 Å². The lowest BCUT2D eigenvalue weighted by molar-refractivity contribution is -0.0415. The van der Waals surface area contributed by atoms with Crippen LogP contribution in [0, 0.1) is 23.7 Å². The summed E-state index contributed by atoms with van der Waals surface area (Å²) >= 11 is 0. The molecule has 4 heteroatoms. The molecule has 8 aromatic rings. The van der Waals surface area contributed by atoms with E-state index in [0.717, 1.165) is 66.4 Å². The zero-order valence-electron chi connectivity index (χ0n) is 30.6. The minimum Gasteiger partial charge on any atom is -0.455 e. The van der Waals surface area contributed by atoms with Crippen molar-refractivity contribution in [2.75, 3.05) is 0 Å². The summed E-state index contributed by atoms with van der Waals surface area (Å²) < 4.78 is 21.7. The lowest BCUT2D eigenvalue weighted by atomic mass is 9.43. The van der Waals surface area contributed by atoms with Crippen molar-refractivity contribution in [2.24, 2.45) is 23.7 Å². The van der Waals surface area contributed by atoms with Gasteiger partial charge in [-0.1, -0.05) is 127 Å². The predicted octanol–water partition coefficient (Wildman–Crippen LogP) is 11.7. The van der Waals surface area contributed by atoms with Crippen LogP contribution in [-0.2, 0) is 9.98 Å². The highest BCUT2D eigenvalue weighted by Gasteiger charge is 2.62. The summed E-state index contributed by atoms with van der Waals surface area (Å²) in [6.07, 6.45) is 8.91. The fourth-order valence-corrected chi connectivity index (χ4v) is 14.6. The van der Waals surface area contributed by atoms with Crippen LogP contribution in [0.1, 0.15) is 43.4 Å². The first kappa shape index (κ1) is 31.8. The van der Waals surface area contributed by atoms with Crippen molar-refractivity contribution in [3.05, 3.63) is 169 Å². The molecule has 5 aliphatic carbocycles. The number of rotatable bonds is 5. The topological polar surface area (TPSA) is 43.1 Å². The molecule has 266 valence electrons. The van der Waals surface area contributed by atoms with Crippen molar-refractivity contribution in [3.8, 4) is 33.4 Å². The van der Waals surface area contributed by atoms with Crippen LogP contribution in [0.2, 0.25) is 0 Å². The van der Waals surface area contributed by atoms with Gasteiger partial charge in [0.25, 0.3) is 0 Å². The van der Waals surface area contributed by atoms with Gasteiger partial charge in [0.2, 0.25) is 0 Å². The third-order valence-corrected chi connectivity index (χ3v) is 17.1. The first-order valence-corrected chi connectivity index (χ1v) is 21.7. The van der Waals surface area contributed by atoms with Crippen molar-refractivity contribution < 1.29 is 8.98 Å². The van der Waals surface area contributed by atoms with E-state index in [-0.39, 0.29) is 5.41 Å². The Kier molecular flexibility index (Phi) is 6.80. The Hall–Kier alpha value is -5.50. The van der Waals surface area contributed by atoms with Crippen LogP contribution in [0.5, 0.6) is 0 Å². The summed E-state index contributed by atoms with van der Waals surface area (Å²) in [7, 11) is -3.04. The van der Waals surface area contributed by atoms with E-state index in [0.29, 0.717) is 11.8 Å². The van der Waals surface area contributed by atoms with Gasteiger partial charge in [0.15, 0.2) is 7.14 Å². The van der Waals surface area contributed by atoms with E-state index in [9.17, 15) is 4.57 Å². The summed E-state index contributed by atoms with van der Waals surface area (Å²) in [5, 5.41) is 4.72. The Bertz CT molecular complexity index is 2780. The third-order valence-electron chi connectivity index (χ3n) is 14.0. The van der Waals surface area contributed by atoms with Crippen LogP contribution in [0.25, 0.3) is 55.3 Å². The van der Waals surface area contributed by atoms with E-state index in [1.807, 2.05) is 79.0 Å². The summed E-state index contributed by atoms with van der Waals surface area (Å²) in [4.78, 5) is 5.20. The zero-order chi connectivity index (χ0) is 36.3. The van der Waals surface area contributed by atoms with Gasteiger partial charge in [-0.2, -0.15) is 0 Å². The van der Waals surface area contributed by atoms with Crippen LogP contribution in [0.15, 0.2) is 162 Å². The largest absolute Gasteiger partial charge is 0.455 e. The average molecular weight is 730 g/mol. The maximum Gasteiger partial charge on any atom is 0.171 e. The standard InChI is InChI=1S/C51H40NO2P/c53-55(39-9-3-1-4-10-39,40-11-5-2-6-12-40)41-20-16-34(17-21-41)35-19-23-48-46(30-35)43-14-7-13-42(49(43)54-48)36-18-22-47-45(31-36)44-15-8-24-52-50(44)51(47)37-26-32-25-33(28-37)29-38(51)27-32/h1-24,30-33,37-38H,25-29H2. The first-order chi connectivity index (χ1) is 27.1. The van der Waals surface area contributed by atoms with Crippen molar-refractivity contribution >= 4 is 45.0 Å². The molecule has 0 atom stereocenters. The van der Waals surface area contributed by atoms with E-state index < -0.39 is 7.14 Å². The number of nitrogens with zero attached hydrogens (tertiary/aromatic N) is 1. The molecule has 1 spiro atoms. The second-order valence-electron chi connectivity index (χ2n) is 16.7. The SMILES string of the molecule is O=P(c1ccccc1)(c1ccccc1)c1ccc(-c2ccc3oc4c(-c5ccc6c(c5)-c5cccnc5C65C6CC7CC(C6)CC5C7)cccc4c3c2)cc1. The maximum absolute atomic E-state index is 14.9. The van der Waals surface area contributed by atoms with Gasteiger partial charge in [-0.3, -0.25) is 4.98 Å². The van der Waals surface area contributed by atoms with Crippen LogP contribution in [-0.4, -0.2) is 4.98 Å². The van der Waals surface area contributed by atoms with Gasteiger partial charge in [0, 0.05) is 49.4 Å². The Morgan fingerprint density at radius 3 is 1.87 bits per heavy atom. The van der Waals surface area contributed by atoms with Gasteiger partial charge in [0.1, 0.15) is 11.2 Å². The van der Waals surface area contributed by atoms with E-state index in [1.54, 1.807) is 0 Å². The highest BCUT2D eigenvalue weighted by Crippen LogP contribution is 2.69. The molecule has 0 unspecified atom stereocenters. The van der Waals surface area contributed by atoms with E-state index in [2.05, 4.69) is 78.9 Å². The summed E-state index contributed by atoms with van der Waals surface area (Å²) in [5.74, 6) is 3.22. The van der Waals surface area contributed by atoms with E-state index in [4.69, 9.17) is 9.40 Å². The molecule has 0 amide bonds. The van der Waals surface area contributed by atoms with Gasteiger partial charge in [-0.15, -0.1) is 0 Å². The molecule has 13 rings (SSSR count). The van der Waals surface area contributed by atoms with Gasteiger partial charge in [0.05, 0.1) is 5.69 Å². The molecule has 5 aliphatic rings. The summed E-state index contributed by atoms with van der Waals surface area (Å²) in [6, 6.07) is 52.8. The third kappa shape index (κ3) is 4.45. The molecule has 55 heavy (non-hydrogen) atoms. The van der Waals surface area contributed by atoms with Crippen LogP contribution < -0.4 is 15.9 Å². The molecule has 2 heterocycles. The fraction of sp³-hybridized carbons (Fsp3) is 0.196. The first-order valence-electron chi connectivity index (χ1n) is 20.0. The fourth-order valence-electron chi connectivity index (χ4n) is 11.9. The molecule has 4 saturated carbocycles. The minimum absolute atomic E-state index is 0.0673. The molecule has 3 nitrogen and oxygen atoms in total. The molecule has 0 radical (unpaired) electrons. The maximum atomic E-state index is 14.9. The highest BCUT2D eigenvalue weighted by atomic mass is 31.2. The summed E-state index contributed by atoms with van der Waals surface area (Å²) in [6.45, 7) is 0. The van der Waals surface area contributed by atoms with Crippen molar-refractivity contribution in [1.29, 1.82) is 0 Å². The molecule has 0 aliphatic heterocycles. The van der Waals surface area contributed by atoms with Crippen molar-refractivity contribution in [1.82, 2.24) is 4.98 Å². The molecule has 0 N–H and O–H groups in total. The molecule has 2 aromatic heterocycles. The number of pyridine rings is 1. The number of furan rings is 1. The number of benzene rings is 6. The van der Waals surface area contributed by atoms with E-state index in [1.165, 1.54) is 60.1 Å². The Morgan fingerprint density at radius 2 is 1.16 bits per heavy atom. The normalized spacial score (nSPS) is 23.4. The number of para-hydroxylation sites is 1. The van der Waals surface area contributed by atoms with Gasteiger partial charge in [-0.25, -0.2) is 0 Å². The average Bonchev–Trinajstić information content (AvgIpc) is 3.76. The number of aromatic nitrogens is 1. The molecule has 4 bridgehead atoms. The Morgan fingerprint density at radius 1 is 0.527 bits per heavy atom. The Balaban J connectivity index is 0.932. The van der Waals surface area contributed by atoms with Gasteiger partial charge < -0.3 is 8.98 Å². The molecule has 4 fully saturated rings. The molecule has 0 saturated heterocycles. The second kappa shape index (κ2) is 11.8. The zero-order valence-corrected chi connectivity index (χ0v) is 31.5. The number of hydrogen-bond acceptors (Lipinski definition) is 3. The van der Waals surface area contributed by atoms with Gasteiger partial charge >= 0.3 is 0 Å². The van der Waals surface area contributed by atoms with Gasteiger partial charge in [-0.05, 0) is 108 Å². The minimum atomic E-state index is -3.04.